The molecule has 0 fully saturated rings. The quantitative estimate of drug-likeness (QED) is 0.0658. The van der Waals surface area contributed by atoms with Crippen molar-refractivity contribution in [2.75, 3.05) is 0 Å². The summed E-state index contributed by atoms with van der Waals surface area (Å²) in [7, 11) is 3.31. The van der Waals surface area contributed by atoms with E-state index in [4.69, 9.17) is 9.47 Å². The van der Waals surface area contributed by atoms with Gasteiger partial charge in [-0.15, -0.1) is 10.2 Å². The first kappa shape index (κ1) is 33.9. The lowest BCUT2D eigenvalue weighted by Crippen LogP contribution is -2.16. The zero-order valence-electron chi connectivity index (χ0n) is 25.9. The molecule has 0 bridgehead atoms. The monoisotopic (exact) mass is 804 g/mol. The molecule has 0 saturated heterocycles. The number of aryl methyl sites for hydroxylation is 2. The van der Waals surface area contributed by atoms with Crippen LogP contribution in [-0.4, -0.2) is 56.0 Å². The number of benzene rings is 2. The molecular weight excluding hydrogens is 784 g/mol. The molecule has 0 spiro atoms. The lowest BCUT2D eigenvalue weighted by atomic mass is 10.0. The zero-order valence-corrected chi connectivity index (χ0v) is 29.1. The van der Waals surface area contributed by atoms with Crippen LogP contribution >= 0.6 is 31.9 Å². The van der Waals surface area contributed by atoms with E-state index in [1.807, 2.05) is 0 Å². The van der Waals surface area contributed by atoms with Gasteiger partial charge in [0.25, 0.3) is 11.4 Å². The van der Waals surface area contributed by atoms with Gasteiger partial charge in [-0.1, -0.05) is 10.4 Å². The van der Waals surface area contributed by atoms with Crippen molar-refractivity contribution >= 4 is 49.4 Å². The van der Waals surface area contributed by atoms with Crippen molar-refractivity contribution in [3.63, 3.8) is 0 Å². The molecule has 0 radical (unpaired) electrons. The van der Waals surface area contributed by atoms with Gasteiger partial charge in [0.15, 0.2) is 0 Å². The summed E-state index contributed by atoms with van der Waals surface area (Å²) >= 11 is 6.70. The minimum Gasteiger partial charge on any atom is -0.394 e. The first-order chi connectivity index (χ1) is 24.0. The third kappa shape index (κ3) is 7.37. The van der Waals surface area contributed by atoms with Crippen LogP contribution in [0, 0.1) is 20.2 Å². The summed E-state index contributed by atoms with van der Waals surface area (Å²) in [5.74, 6) is -0.0566. The topological polar surface area (TPSA) is 209 Å². The second-order valence-corrected chi connectivity index (χ2v) is 12.5. The molecule has 0 unspecified atom stereocenters. The van der Waals surface area contributed by atoms with E-state index in [0.29, 0.717) is 34.2 Å². The molecule has 2 aromatic carbocycles. The second-order valence-electron chi connectivity index (χ2n) is 10.6. The molecule has 50 heavy (non-hydrogen) atoms. The SMILES string of the molecule is Cn1nnc(-c2ccc(Br)cn2)c1Cc1cc([N+](=O)[O-])ccc1OC(=O)Oc1ccc([N+](=O)[O-])cc1Cc1c(-c2ccc(Br)cn2)nnn1C. The molecule has 17 nitrogen and oxygen atoms in total. The maximum atomic E-state index is 13.3. The maximum Gasteiger partial charge on any atom is 0.519 e. The number of nitro benzene ring substituents is 2. The molecule has 19 heteroatoms. The van der Waals surface area contributed by atoms with Crippen LogP contribution in [0.5, 0.6) is 11.5 Å². The highest BCUT2D eigenvalue weighted by atomic mass is 79.9. The van der Waals surface area contributed by atoms with Crippen molar-refractivity contribution in [1.82, 2.24) is 40.0 Å². The van der Waals surface area contributed by atoms with Gasteiger partial charge in [-0.05, 0) is 68.3 Å². The molecule has 0 aliphatic heterocycles. The van der Waals surface area contributed by atoms with Gasteiger partial charge in [0.2, 0.25) is 0 Å². The Labute approximate surface area is 298 Å². The number of non-ortho nitro benzene ring substituents is 2. The van der Waals surface area contributed by atoms with E-state index in [9.17, 15) is 25.0 Å². The summed E-state index contributed by atoms with van der Waals surface area (Å²) in [6.45, 7) is 0. The van der Waals surface area contributed by atoms with E-state index in [0.717, 1.165) is 8.95 Å². The molecule has 252 valence electrons. The Bertz CT molecular complexity index is 2100. The fourth-order valence-electron chi connectivity index (χ4n) is 4.98. The average Bonchev–Trinajstić information content (AvgIpc) is 3.64. The normalized spacial score (nSPS) is 11.0. The number of aromatic nitrogens is 8. The predicted octanol–water partition coefficient (Wildman–Crippen LogP) is 6.17. The highest BCUT2D eigenvalue weighted by Crippen LogP contribution is 2.32. The molecule has 0 atom stereocenters. The summed E-state index contributed by atoms with van der Waals surface area (Å²) in [5, 5.41) is 40.0. The number of nitro groups is 2. The van der Waals surface area contributed by atoms with Gasteiger partial charge in [-0.2, -0.15) is 0 Å². The van der Waals surface area contributed by atoms with Crippen molar-refractivity contribution in [2.45, 2.75) is 12.8 Å². The van der Waals surface area contributed by atoms with Crippen LogP contribution in [0.2, 0.25) is 0 Å². The fourth-order valence-corrected chi connectivity index (χ4v) is 5.44. The van der Waals surface area contributed by atoms with E-state index in [2.05, 4.69) is 62.5 Å². The molecule has 0 saturated carbocycles. The highest BCUT2D eigenvalue weighted by Gasteiger charge is 2.24. The summed E-state index contributed by atoms with van der Waals surface area (Å²) in [6, 6.07) is 14.5. The largest absolute Gasteiger partial charge is 0.519 e. The van der Waals surface area contributed by atoms with E-state index in [1.54, 1.807) is 50.8 Å². The molecule has 0 N–H and O–H groups in total. The number of carbonyl (C=O) groups is 1. The summed E-state index contributed by atoms with van der Waals surface area (Å²) in [6.07, 6.45) is 2.04. The van der Waals surface area contributed by atoms with E-state index >= 15 is 0 Å². The standard InChI is InChI=1S/C31H22Br2N10O7/c1-40-25(29(36-38-40)23-7-3-19(32)15-34-23)13-17-11-21(42(45)46)5-9-27(17)49-31(44)50-28-10-6-22(43(47)48)12-18(28)14-26-30(37-39-41(26)2)24-8-4-20(33)16-35-24/h3-12,15-16H,13-14H2,1-2H3. The molecule has 0 aliphatic rings. The Kier molecular flexibility index (Phi) is 9.68. The molecular formula is C31H22Br2N10O7. The smallest absolute Gasteiger partial charge is 0.394 e. The Balaban J connectivity index is 1.30. The number of hydrogen-bond donors (Lipinski definition) is 0. The van der Waals surface area contributed by atoms with Crippen molar-refractivity contribution in [3.8, 4) is 34.3 Å². The first-order valence-corrected chi connectivity index (χ1v) is 16.0. The van der Waals surface area contributed by atoms with E-state index < -0.39 is 16.0 Å². The minimum atomic E-state index is -1.19. The van der Waals surface area contributed by atoms with Crippen LogP contribution in [0.25, 0.3) is 22.8 Å². The minimum absolute atomic E-state index is 0.0179. The molecule has 0 amide bonds. The highest BCUT2D eigenvalue weighted by molar-refractivity contribution is 9.10. The van der Waals surface area contributed by atoms with Crippen molar-refractivity contribution in [2.24, 2.45) is 14.1 Å². The number of halogens is 2. The average molecular weight is 806 g/mol. The van der Waals surface area contributed by atoms with Crippen molar-refractivity contribution < 1.29 is 24.1 Å². The van der Waals surface area contributed by atoms with E-state index in [-0.39, 0.29) is 46.8 Å². The van der Waals surface area contributed by atoms with Gasteiger partial charge >= 0.3 is 6.16 Å². The van der Waals surface area contributed by atoms with Gasteiger partial charge in [0.05, 0.1) is 32.6 Å². The number of carbonyl (C=O) groups excluding carboxylic acids is 1. The Morgan fingerprint density at radius 2 is 1.12 bits per heavy atom. The van der Waals surface area contributed by atoms with Crippen molar-refractivity contribution in [3.05, 3.63) is 125 Å². The number of hydrogen-bond acceptors (Lipinski definition) is 13. The summed E-state index contributed by atoms with van der Waals surface area (Å²) in [4.78, 5) is 44.3. The number of rotatable bonds is 10. The van der Waals surface area contributed by atoms with Crippen LogP contribution in [0.15, 0.2) is 82.0 Å². The van der Waals surface area contributed by atoms with Crippen LogP contribution in [0.1, 0.15) is 22.5 Å². The summed E-state index contributed by atoms with van der Waals surface area (Å²) < 4.78 is 15.7. The Hall–Kier alpha value is -5.95. The fraction of sp³-hybridized carbons (Fsp3) is 0.129. The molecule has 4 aromatic heterocycles. The number of nitrogens with zero attached hydrogens (tertiary/aromatic N) is 10. The van der Waals surface area contributed by atoms with Gasteiger partial charge < -0.3 is 9.47 Å². The maximum absolute atomic E-state index is 13.3. The second kappa shape index (κ2) is 14.3. The third-order valence-corrected chi connectivity index (χ3v) is 8.38. The van der Waals surface area contributed by atoms with Gasteiger partial charge in [0, 0.05) is 83.7 Å². The predicted molar refractivity (Wildman–Crippen MR) is 182 cm³/mol. The summed E-state index contributed by atoms with van der Waals surface area (Å²) in [5.41, 5.74) is 3.00. The van der Waals surface area contributed by atoms with E-state index in [1.165, 1.54) is 45.8 Å². The lowest BCUT2D eigenvalue weighted by Gasteiger charge is -2.13. The van der Waals surface area contributed by atoms with Crippen LogP contribution in [0.3, 0.4) is 0 Å². The number of pyridine rings is 2. The Morgan fingerprint density at radius 1 is 0.700 bits per heavy atom. The van der Waals surface area contributed by atoms with Crippen LogP contribution < -0.4 is 9.47 Å². The van der Waals surface area contributed by atoms with Gasteiger partial charge in [0.1, 0.15) is 22.9 Å². The van der Waals surface area contributed by atoms with Gasteiger partial charge in [-0.25, -0.2) is 4.79 Å². The van der Waals surface area contributed by atoms with Gasteiger partial charge in [-0.3, -0.25) is 39.6 Å². The van der Waals surface area contributed by atoms with Crippen molar-refractivity contribution in [1.29, 1.82) is 0 Å². The molecule has 6 aromatic rings. The molecule has 4 heterocycles. The third-order valence-electron chi connectivity index (χ3n) is 7.44. The Morgan fingerprint density at radius 3 is 1.48 bits per heavy atom. The molecule has 6 rings (SSSR count). The zero-order chi connectivity index (χ0) is 35.5. The van der Waals surface area contributed by atoms with Crippen LogP contribution in [0.4, 0.5) is 16.2 Å². The van der Waals surface area contributed by atoms with Crippen LogP contribution in [-0.2, 0) is 26.9 Å². The first-order valence-electron chi connectivity index (χ1n) is 14.4. The molecule has 0 aliphatic carbocycles. The lowest BCUT2D eigenvalue weighted by molar-refractivity contribution is -0.385. The number of ether oxygens (including phenoxy) is 2.